The van der Waals surface area contributed by atoms with E-state index in [2.05, 4.69) is 0 Å². The van der Waals surface area contributed by atoms with Gasteiger partial charge in [-0.05, 0) is 43.5 Å². The Morgan fingerprint density at radius 1 is 1.00 bits per heavy atom. The van der Waals surface area contributed by atoms with Gasteiger partial charge in [0.15, 0.2) is 0 Å². The van der Waals surface area contributed by atoms with Crippen LogP contribution in [0, 0.1) is 20.8 Å². The van der Waals surface area contributed by atoms with Gasteiger partial charge in [-0.3, -0.25) is 4.79 Å². The van der Waals surface area contributed by atoms with Crippen LogP contribution in [0.4, 0.5) is 0 Å². The number of primary amides is 1. The monoisotopic (exact) mass is 386 g/mol. The van der Waals surface area contributed by atoms with Crippen LogP contribution in [0.3, 0.4) is 0 Å². The van der Waals surface area contributed by atoms with Crippen molar-refractivity contribution < 1.29 is 13.9 Å². The fourth-order valence-corrected chi connectivity index (χ4v) is 3.56. The van der Waals surface area contributed by atoms with Gasteiger partial charge in [-0.25, -0.2) is 4.98 Å². The topological polar surface area (TPSA) is 78.4 Å². The fraction of sp³-hybridized carbons (Fsp3) is 0.167. The van der Waals surface area contributed by atoms with Gasteiger partial charge in [0.25, 0.3) is 5.91 Å². The molecule has 146 valence electrons. The number of nitrogens with zero attached hydrogens (tertiary/aromatic N) is 1. The van der Waals surface area contributed by atoms with Crippen LogP contribution in [0.25, 0.3) is 22.2 Å². The molecule has 0 radical (unpaired) electrons. The number of aryl methyl sites for hydroxylation is 1. The van der Waals surface area contributed by atoms with Crippen LogP contribution in [-0.4, -0.2) is 10.9 Å². The molecule has 0 aliphatic heterocycles. The van der Waals surface area contributed by atoms with Crippen LogP contribution >= 0.6 is 0 Å². The zero-order valence-corrected chi connectivity index (χ0v) is 16.7. The van der Waals surface area contributed by atoms with Crippen molar-refractivity contribution in [1.82, 2.24) is 4.98 Å². The highest BCUT2D eigenvalue weighted by Crippen LogP contribution is 2.39. The molecule has 0 saturated carbocycles. The Morgan fingerprint density at radius 2 is 1.69 bits per heavy atom. The number of hydrogen-bond donors (Lipinski definition) is 1. The first-order valence-electron chi connectivity index (χ1n) is 9.43. The molecule has 5 heteroatoms. The quantitative estimate of drug-likeness (QED) is 0.518. The molecule has 0 aliphatic carbocycles. The summed E-state index contributed by atoms with van der Waals surface area (Å²) in [6.45, 7) is 6.34. The molecule has 29 heavy (non-hydrogen) atoms. The minimum atomic E-state index is -0.614. The minimum Gasteiger partial charge on any atom is -0.487 e. The molecule has 2 heterocycles. The normalized spacial score (nSPS) is 11.0. The Bertz CT molecular complexity index is 1210. The van der Waals surface area contributed by atoms with E-state index < -0.39 is 5.91 Å². The number of benzene rings is 2. The van der Waals surface area contributed by atoms with Crippen molar-refractivity contribution in [2.24, 2.45) is 5.73 Å². The fourth-order valence-electron chi connectivity index (χ4n) is 3.56. The van der Waals surface area contributed by atoms with Crippen molar-refractivity contribution >= 4 is 16.9 Å². The standard InChI is InChI=1S/C24H22N2O3/c1-14-15(2)22(28-13-17-9-5-4-6-10-17)16(3)26-21(14)20-18-11-7-8-12-19(18)29-23(20)24(25)27/h4-12H,13H2,1-3H3,(H2,25,27). The maximum atomic E-state index is 12.0. The molecule has 4 aromatic rings. The summed E-state index contributed by atoms with van der Waals surface area (Å²) in [5.41, 5.74) is 11.3. The number of fused-ring (bicyclic) bond motifs is 1. The number of carbonyl (C=O) groups is 1. The summed E-state index contributed by atoms with van der Waals surface area (Å²) < 4.78 is 11.8. The predicted molar refractivity (Wildman–Crippen MR) is 113 cm³/mol. The Labute approximate surface area is 169 Å². The molecule has 0 atom stereocenters. The molecule has 2 aromatic heterocycles. The van der Waals surface area contributed by atoms with E-state index in [0.717, 1.165) is 33.5 Å². The van der Waals surface area contributed by atoms with Gasteiger partial charge in [0.05, 0.1) is 17.0 Å². The van der Waals surface area contributed by atoms with E-state index >= 15 is 0 Å². The number of aromatic nitrogens is 1. The van der Waals surface area contributed by atoms with Gasteiger partial charge in [-0.15, -0.1) is 0 Å². The summed E-state index contributed by atoms with van der Waals surface area (Å²) in [5, 5.41) is 0.814. The highest BCUT2D eigenvalue weighted by molar-refractivity contribution is 6.07. The average Bonchev–Trinajstić information content (AvgIpc) is 3.11. The molecule has 0 bridgehead atoms. The second kappa shape index (κ2) is 7.43. The highest BCUT2D eigenvalue weighted by Gasteiger charge is 2.24. The largest absolute Gasteiger partial charge is 0.487 e. The molecule has 2 aromatic carbocycles. The van der Waals surface area contributed by atoms with Gasteiger partial charge >= 0.3 is 0 Å². The van der Waals surface area contributed by atoms with Crippen LogP contribution in [0.5, 0.6) is 5.75 Å². The zero-order chi connectivity index (χ0) is 20.5. The van der Waals surface area contributed by atoms with Gasteiger partial charge in [0.1, 0.15) is 17.9 Å². The average molecular weight is 386 g/mol. The smallest absolute Gasteiger partial charge is 0.285 e. The van der Waals surface area contributed by atoms with Gasteiger partial charge in [0.2, 0.25) is 5.76 Å². The third kappa shape index (κ3) is 3.36. The minimum absolute atomic E-state index is 0.124. The lowest BCUT2D eigenvalue weighted by Gasteiger charge is -2.17. The van der Waals surface area contributed by atoms with Gasteiger partial charge in [-0.1, -0.05) is 48.5 Å². The van der Waals surface area contributed by atoms with Crippen LogP contribution in [0.15, 0.2) is 59.0 Å². The summed E-state index contributed by atoms with van der Waals surface area (Å²) in [6.07, 6.45) is 0. The number of para-hydroxylation sites is 1. The molecule has 5 nitrogen and oxygen atoms in total. The van der Waals surface area contributed by atoms with E-state index in [9.17, 15) is 4.79 Å². The maximum absolute atomic E-state index is 12.0. The third-order valence-electron chi connectivity index (χ3n) is 5.15. The second-order valence-corrected chi connectivity index (χ2v) is 7.07. The van der Waals surface area contributed by atoms with E-state index in [4.69, 9.17) is 19.9 Å². The number of amides is 1. The molecule has 0 fully saturated rings. The first-order valence-corrected chi connectivity index (χ1v) is 9.43. The van der Waals surface area contributed by atoms with E-state index in [-0.39, 0.29) is 5.76 Å². The summed E-state index contributed by atoms with van der Waals surface area (Å²) in [7, 11) is 0. The van der Waals surface area contributed by atoms with Crippen LogP contribution in [0.1, 0.15) is 32.9 Å². The first kappa shape index (κ1) is 18.7. The second-order valence-electron chi connectivity index (χ2n) is 7.07. The maximum Gasteiger partial charge on any atom is 0.285 e. The van der Waals surface area contributed by atoms with Crippen LogP contribution in [-0.2, 0) is 6.61 Å². The number of carbonyl (C=O) groups excluding carboxylic acids is 1. The number of hydrogen-bond acceptors (Lipinski definition) is 4. The van der Waals surface area contributed by atoms with Crippen LogP contribution in [0.2, 0.25) is 0 Å². The summed E-state index contributed by atoms with van der Waals surface area (Å²) >= 11 is 0. The van der Waals surface area contributed by atoms with Crippen molar-refractivity contribution in [3.63, 3.8) is 0 Å². The van der Waals surface area contributed by atoms with Gasteiger partial charge in [0, 0.05) is 5.39 Å². The molecular formula is C24H22N2O3. The zero-order valence-electron chi connectivity index (χ0n) is 16.7. The Morgan fingerprint density at radius 3 is 2.41 bits per heavy atom. The summed E-state index contributed by atoms with van der Waals surface area (Å²) in [5.74, 6) is 0.263. The summed E-state index contributed by atoms with van der Waals surface area (Å²) in [4.78, 5) is 16.8. The third-order valence-corrected chi connectivity index (χ3v) is 5.15. The number of ether oxygens (including phenoxy) is 1. The lowest BCUT2D eigenvalue weighted by atomic mass is 9.98. The Kier molecular flexibility index (Phi) is 4.80. The molecule has 0 aliphatic rings. The Balaban J connectivity index is 1.82. The summed E-state index contributed by atoms with van der Waals surface area (Å²) in [6, 6.07) is 17.5. The molecule has 0 spiro atoms. The van der Waals surface area contributed by atoms with E-state index in [1.54, 1.807) is 0 Å². The highest BCUT2D eigenvalue weighted by atomic mass is 16.5. The van der Waals surface area contributed by atoms with E-state index in [1.807, 2.05) is 75.4 Å². The van der Waals surface area contributed by atoms with E-state index in [0.29, 0.717) is 23.4 Å². The van der Waals surface area contributed by atoms with Crippen molar-refractivity contribution in [1.29, 1.82) is 0 Å². The number of furan rings is 1. The van der Waals surface area contributed by atoms with Crippen LogP contribution < -0.4 is 10.5 Å². The van der Waals surface area contributed by atoms with Gasteiger partial charge < -0.3 is 14.9 Å². The number of pyridine rings is 1. The lowest BCUT2D eigenvalue weighted by Crippen LogP contribution is -2.12. The number of nitrogens with two attached hydrogens (primary N) is 1. The van der Waals surface area contributed by atoms with Crippen molar-refractivity contribution in [3.8, 4) is 17.0 Å². The molecule has 0 unspecified atom stereocenters. The predicted octanol–water partition coefficient (Wildman–Crippen LogP) is 5.10. The van der Waals surface area contributed by atoms with Crippen molar-refractivity contribution in [2.45, 2.75) is 27.4 Å². The van der Waals surface area contributed by atoms with Crippen molar-refractivity contribution in [2.75, 3.05) is 0 Å². The van der Waals surface area contributed by atoms with Crippen molar-refractivity contribution in [3.05, 3.63) is 82.7 Å². The molecule has 4 rings (SSSR count). The SMILES string of the molecule is Cc1nc(-c2c(C(N)=O)oc3ccccc23)c(C)c(C)c1OCc1ccccc1. The molecule has 2 N–H and O–H groups in total. The molecule has 0 saturated heterocycles. The lowest BCUT2D eigenvalue weighted by molar-refractivity contribution is 0.0977. The van der Waals surface area contributed by atoms with Gasteiger partial charge in [-0.2, -0.15) is 0 Å². The molecular weight excluding hydrogens is 364 g/mol. The first-order chi connectivity index (χ1) is 14.0. The molecule has 1 amide bonds. The number of rotatable bonds is 5. The van der Waals surface area contributed by atoms with E-state index in [1.165, 1.54) is 0 Å². The Hall–Kier alpha value is -3.60.